The summed E-state index contributed by atoms with van der Waals surface area (Å²) in [5.41, 5.74) is 9.42. The molecule has 0 saturated heterocycles. The number of anilines is 2. The molecule has 0 saturated carbocycles. The van der Waals surface area contributed by atoms with E-state index in [1.165, 1.54) is 0 Å². The van der Waals surface area contributed by atoms with Gasteiger partial charge in [0.05, 0.1) is 0 Å². The van der Waals surface area contributed by atoms with Crippen LogP contribution in [0.1, 0.15) is 15.9 Å². The molecule has 22 heavy (non-hydrogen) atoms. The van der Waals surface area contributed by atoms with Crippen molar-refractivity contribution in [2.24, 2.45) is 0 Å². The Morgan fingerprint density at radius 2 is 1.77 bits per heavy atom. The third-order valence-corrected chi connectivity index (χ3v) is 4.24. The monoisotopic (exact) mass is 288 g/mol. The van der Waals surface area contributed by atoms with Gasteiger partial charge >= 0.3 is 0 Å². The Bertz CT molecular complexity index is 885. The van der Waals surface area contributed by atoms with Crippen molar-refractivity contribution in [1.29, 1.82) is 0 Å². The van der Waals surface area contributed by atoms with Crippen LogP contribution in [0.2, 0.25) is 0 Å². The Morgan fingerprint density at radius 1 is 0.955 bits per heavy atom. The largest absolute Gasteiger partial charge is 0.399 e. The van der Waals surface area contributed by atoms with Crippen LogP contribution in [0.3, 0.4) is 0 Å². The number of fused-ring (bicyclic) bond motifs is 2. The van der Waals surface area contributed by atoms with Crippen molar-refractivity contribution in [2.45, 2.75) is 6.42 Å². The molecule has 0 unspecified atom stereocenters. The molecule has 1 aliphatic heterocycles. The fourth-order valence-electron chi connectivity index (χ4n) is 3.11. The van der Waals surface area contributed by atoms with Gasteiger partial charge in [-0.1, -0.05) is 30.3 Å². The molecule has 108 valence electrons. The summed E-state index contributed by atoms with van der Waals surface area (Å²) in [5, 5.41) is 2.23. The van der Waals surface area contributed by atoms with Crippen LogP contribution in [0, 0.1) is 0 Å². The first-order valence-corrected chi connectivity index (χ1v) is 7.41. The normalized spacial score (nSPS) is 13.4. The molecule has 3 heteroatoms. The molecular weight excluding hydrogens is 272 g/mol. The first-order valence-electron chi connectivity index (χ1n) is 7.41. The fourth-order valence-corrected chi connectivity index (χ4v) is 3.11. The average Bonchev–Trinajstić information content (AvgIpc) is 2.96. The summed E-state index contributed by atoms with van der Waals surface area (Å²) in [6.45, 7) is 0.713. The van der Waals surface area contributed by atoms with E-state index >= 15 is 0 Å². The molecule has 3 aromatic rings. The first-order chi connectivity index (χ1) is 10.7. The van der Waals surface area contributed by atoms with Crippen molar-refractivity contribution in [2.75, 3.05) is 17.2 Å². The van der Waals surface area contributed by atoms with Gasteiger partial charge in [-0.25, -0.2) is 0 Å². The third-order valence-electron chi connectivity index (χ3n) is 4.24. The van der Waals surface area contributed by atoms with Gasteiger partial charge in [-0.05, 0) is 53.1 Å². The van der Waals surface area contributed by atoms with Crippen molar-refractivity contribution < 1.29 is 4.79 Å². The number of hydrogen-bond donors (Lipinski definition) is 1. The summed E-state index contributed by atoms with van der Waals surface area (Å²) in [4.78, 5) is 14.7. The second-order valence-electron chi connectivity index (χ2n) is 5.66. The van der Waals surface area contributed by atoms with Crippen molar-refractivity contribution in [3.8, 4) is 0 Å². The zero-order chi connectivity index (χ0) is 15.1. The Balaban J connectivity index is 1.73. The second kappa shape index (κ2) is 4.88. The maximum absolute atomic E-state index is 12.8. The molecule has 1 amide bonds. The molecule has 0 aromatic heterocycles. The van der Waals surface area contributed by atoms with Crippen molar-refractivity contribution in [3.63, 3.8) is 0 Å². The molecule has 0 bridgehead atoms. The van der Waals surface area contributed by atoms with Gasteiger partial charge in [-0.15, -0.1) is 0 Å². The van der Waals surface area contributed by atoms with Gasteiger partial charge in [-0.2, -0.15) is 0 Å². The molecule has 0 atom stereocenters. The maximum atomic E-state index is 12.8. The van der Waals surface area contributed by atoms with Gasteiger partial charge < -0.3 is 10.6 Å². The zero-order valence-corrected chi connectivity index (χ0v) is 12.1. The minimum absolute atomic E-state index is 0.0503. The van der Waals surface area contributed by atoms with Gasteiger partial charge in [0.1, 0.15) is 0 Å². The van der Waals surface area contributed by atoms with Crippen molar-refractivity contribution >= 4 is 28.1 Å². The van der Waals surface area contributed by atoms with Gasteiger partial charge in [0.15, 0.2) is 0 Å². The maximum Gasteiger partial charge on any atom is 0.258 e. The second-order valence-corrected chi connectivity index (χ2v) is 5.66. The number of rotatable bonds is 1. The third kappa shape index (κ3) is 2.02. The van der Waals surface area contributed by atoms with E-state index in [0.29, 0.717) is 6.54 Å². The number of nitrogens with two attached hydrogens (primary N) is 1. The van der Waals surface area contributed by atoms with Crippen LogP contribution in [-0.4, -0.2) is 12.5 Å². The minimum Gasteiger partial charge on any atom is -0.399 e. The summed E-state index contributed by atoms with van der Waals surface area (Å²) in [6.07, 6.45) is 0.861. The lowest BCUT2D eigenvalue weighted by molar-refractivity contribution is 0.0989. The summed E-state index contributed by atoms with van der Waals surface area (Å²) >= 11 is 0. The lowest BCUT2D eigenvalue weighted by atomic mass is 10.1. The molecule has 1 aliphatic rings. The average molecular weight is 288 g/mol. The van der Waals surface area contributed by atoms with Crippen molar-refractivity contribution in [3.05, 3.63) is 71.8 Å². The zero-order valence-electron chi connectivity index (χ0n) is 12.1. The van der Waals surface area contributed by atoms with E-state index in [-0.39, 0.29) is 5.91 Å². The lowest BCUT2D eigenvalue weighted by Gasteiger charge is -2.17. The van der Waals surface area contributed by atoms with Crippen molar-refractivity contribution in [1.82, 2.24) is 0 Å². The molecule has 2 N–H and O–H groups in total. The minimum atomic E-state index is 0.0503. The van der Waals surface area contributed by atoms with E-state index in [2.05, 4.69) is 6.07 Å². The highest BCUT2D eigenvalue weighted by atomic mass is 16.2. The molecule has 4 rings (SSSR count). The van der Waals surface area contributed by atoms with Crippen LogP contribution < -0.4 is 10.6 Å². The van der Waals surface area contributed by atoms with E-state index in [4.69, 9.17) is 5.73 Å². The van der Waals surface area contributed by atoms with E-state index in [1.54, 1.807) is 0 Å². The highest BCUT2D eigenvalue weighted by Crippen LogP contribution is 2.31. The van der Waals surface area contributed by atoms with Crippen LogP contribution >= 0.6 is 0 Å². The standard InChI is InChI=1S/C19H16N2O/c20-17-7-8-18-15(12-17)9-10-21(18)19(22)16-6-5-13-3-1-2-4-14(13)11-16/h1-8,11-12H,9-10,20H2. The van der Waals surface area contributed by atoms with Crippen LogP contribution in [0.5, 0.6) is 0 Å². The highest BCUT2D eigenvalue weighted by Gasteiger charge is 2.25. The quantitative estimate of drug-likeness (QED) is 0.695. The Hall–Kier alpha value is -2.81. The van der Waals surface area contributed by atoms with Crippen LogP contribution in [0.25, 0.3) is 10.8 Å². The number of benzene rings is 3. The van der Waals surface area contributed by atoms with E-state index < -0.39 is 0 Å². The predicted octanol–water partition coefficient (Wildman–Crippen LogP) is 3.62. The van der Waals surface area contributed by atoms with Gasteiger partial charge in [0.25, 0.3) is 5.91 Å². The summed E-state index contributed by atoms with van der Waals surface area (Å²) in [6, 6.07) is 19.7. The van der Waals surface area contributed by atoms with E-state index in [0.717, 1.165) is 39.7 Å². The predicted molar refractivity (Wildman–Crippen MR) is 90.2 cm³/mol. The number of nitrogen functional groups attached to an aromatic ring is 1. The molecule has 0 spiro atoms. The van der Waals surface area contributed by atoms with Crippen LogP contribution in [-0.2, 0) is 6.42 Å². The number of amides is 1. The van der Waals surface area contributed by atoms with Crippen LogP contribution in [0.15, 0.2) is 60.7 Å². The highest BCUT2D eigenvalue weighted by molar-refractivity contribution is 6.09. The number of hydrogen-bond acceptors (Lipinski definition) is 2. The van der Waals surface area contributed by atoms with E-state index in [9.17, 15) is 4.79 Å². The van der Waals surface area contributed by atoms with Gasteiger partial charge in [-0.3, -0.25) is 4.79 Å². The molecule has 0 radical (unpaired) electrons. The molecule has 3 aromatic carbocycles. The van der Waals surface area contributed by atoms with Gasteiger partial charge in [0.2, 0.25) is 0 Å². The topological polar surface area (TPSA) is 46.3 Å². The summed E-state index contributed by atoms with van der Waals surface area (Å²) in [5.74, 6) is 0.0503. The summed E-state index contributed by atoms with van der Waals surface area (Å²) < 4.78 is 0. The van der Waals surface area contributed by atoms with E-state index in [1.807, 2.05) is 59.5 Å². The Kier molecular flexibility index (Phi) is 2.86. The van der Waals surface area contributed by atoms with Gasteiger partial charge in [0, 0.05) is 23.5 Å². The SMILES string of the molecule is Nc1ccc2c(c1)CCN2C(=O)c1ccc2ccccc2c1. The van der Waals surface area contributed by atoms with Crippen LogP contribution in [0.4, 0.5) is 11.4 Å². The number of carbonyl (C=O) groups excluding carboxylic acids is 1. The number of nitrogens with zero attached hydrogens (tertiary/aromatic N) is 1. The fraction of sp³-hybridized carbons (Fsp3) is 0.105. The molecule has 0 aliphatic carbocycles. The lowest BCUT2D eigenvalue weighted by Crippen LogP contribution is -2.28. The smallest absolute Gasteiger partial charge is 0.258 e. The molecule has 3 nitrogen and oxygen atoms in total. The Morgan fingerprint density at radius 3 is 2.64 bits per heavy atom. The molecule has 0 fully saturated rings. The molecule has 1 heterocycles. The summed E-state index contributed by atoms with van der Waals surface area (Å²) in [7, 11) is 0. The Labute approximate surface area is 129 Å². The molecular formula is C19H16N2O. The first kappa shape index (κ1) is 12.9. The number of carbonyl (C=O) groups is 1.